The summed E-state index contributed by atoms with van der Waals surface area (Å²) in [5.74, 6) is -0.766. The molecular formula is C24H20ClF3N2O4S. The molecule has 2 N–H and O–H groups in total. The molecule has 0 radical (unpaired) electrons. The van der Waals surface area contributed by atoms with Crippen LogP contribution in [0, 0.1) is 0 Å². The fraction of sp³-hybridized carbons (Fsp3) is 0.208. The van der Waals surface area contributed by atoms with Crippen molar-refractivity contribution in [1.29, 1.82) is 0 Å². The first-order chi connectivity index (χ1) is 16.5. The molecular weight excluding hydrogens is 505 g/mol. The van der Waals surface area contributed by atoms with Crippen LogP contribution in [0.5, 0.6) is 5.75 Å². The molecule has 0 aliphatic heterocycles. The van der Waals surface area contributed by atoms with E-state index in [1.54, 1.807) is 18.2 Å². The van der Waals surface area contributed by atoms with Crippen molar-refractivity contribution in [3.8, 4) is 16.9 Å². The molecule has 3 aromatic rings. The molecule has 0 heterocycles. The highest BCUT2D eigenvalue weighted by atomic mass is 35.5. The Bertz CT molecular complexity index is 1340. The minimum absolute atomic E-state index is 0.00527. The van der Waals surface area contributed by atoms with Gasteiger partial charge in [0, 0.05) is 22.9 Å². The molecule has 0 unspecified atom stereocenters. The van der Waals surface area contributed by atoms with Crippen LogP contribution in [0.4, 0.5) is 18.9 Å². The topological polar surface area (TPSA) is 84.5 Å². The summed E-state index contributed by atoms with van der Waals surface area (Å²) in [7, 11) is -3.57. The predicted octanol–water partition coefficient (Wildman–Crippen LogP) is 5.53. The molecule has 4 rings (SSSR count). The fourth-order valence-corrected chi connectivity index (χ4v) is 4.97. The van der Waals surface area contributed by atoms with Gasteiger partial charge >= 0.3 is 6.36 Å². The second-order valence-corrected chi connectivity index (χ2v) is 10.1. The number of ether oxygens (including phenoxy) is 1. The van der Waals surface area contributed by atoms with Crippen molar-refractivity contribution in [2.75, 3.05) is 5.32 Å². The molecule has 184 valence electrons. The third-order valence-electron chi connectivity index (χ3n) is 5.15. The van der Waals surface area contributed by atoms with E-state index in [0.29, 0.717) is 16.8 Å². The van der Waals surface area contributed by atoms with Crippen LogP contribution in [0.3, 0.4) is 0 Å². The van der Waals surface area contributed by atoms with Gasteiger partial charge in [-0.3, -0.25) is 4.79 Å². The number of benzene rings is 3. The van der Waals surface area contributed by atoms with Crippen LogP contribution in [0.15, 0.2) is 71.6 Å². The van der Waals surface area contributed by atoms with Crippen LogP contribution in [0.2, 0.25) is 5.02 Å². The average molecular weight is 525 g/mol. The van der Waals surface area contributed by atoms with Crippen molar-refractivity contribution in [2.24, 2.45) is 0 Å². The monoisotopic (exact) mass is 524 g/mol. The molecule has 11 heteroatoms. The maximum absolute atomic E-state index is 12.7. The van der Waals surface area contributed by atoms with E-state index in [4.69, 9.17) is 11.6 Å². The van der Waals surface area contributed by atoms with Crippen molar-refractivity contribution in [3.05, 3.63) is 77.3 Å². The maximum atomic E-state index is 12.7. The molecule has 1 aliphatic rings. The van der Waals surface area contributed by atoms with Crippen LogP contribution in [0.25, 0.3) is 11.1 Å². The van der Waals surface area contributed by atoms with Gasteiger partial charge in [0.2, 0.25) is 15.9 Å². The number of anilines is 1. The molecule has 35 heavy (non-hydrogen) atoms. The van der Waals surface area contributed by atoms with E-state index in [2.05, 4.69) is 14.8 Å². The van der Waals surface area contributed by atoms with Crippen LogP contribution in [0.1, 0.15) is 18.4 Å². The van der Waals surface area contributed by atoms with E-state index in [0.717, 1.165) is 12.8 Å². The van der Waals surface area contributed by atoms with E-state index < -0.39 is 22.1 Å². The van der Waals surface area contributed by atoms with Gasteiger partial charge in [0.05, 0.1) is 16.3 Å². The minimum atomic E-state index is -4.85. The van der Waals surface area contributed by atoms with Crippen LogP contribution >= 0.6 is 11.6 Å². The third-order valence-corrected chi connectivity index (χ3v) is 7.00. The number of hydrogen-bond acceptors (Lipinski definition) is 4. The Morgan fingerprint density at radius 2 is 1.69 bits per heavy atom. The third kappa shape index (κ3) is 6.74. The fourth-order valence-electron chi connectivity index (χ4n) is 3.38. The lowest BCUT2D eigenvalue weighted by Gasteiger charge is -2.15. The van der Waals surface area contributed by atoms with Crippen molar-refractivity contribution in [1.82, 2.24) is 4.72 Å². The molecule has 0 atom stereocenters. The molecule has 0 bridgehead atoms. The molecule has 1 saturated carbocycles. The first kappa shape index (κ1) is 25.0. The molecule has 1 aliphatic carbocycles. The minimum Gasteiger partial charge on any atom is -0.405 e. The average Bonchev–Trinajstić information content (AvgIpc) is 3.57. The van der Waals surface area contributed by atoms with Gasteiger partial charge in [0.1, 0.15) is 5.75 Å². The Labute approximate surface area is 205 Å². The van der Waals surface area contributed by atoms with Gasteiger partial charge in [0.25, 0.3) is 0 Å². The predicted molar refractivity (Wildman–Crippen MR) is 126 cm³/mol. The van der Waals surface area contributed by atoms with E-state index in [1.807, 2.05) is 0 Å². The summed E-state index contributed by atoms with van der Waals surface area (Å²) in [5.41, 5.74) is 1.42. The highest BCUT2D eigenvalue weighted by Gasteiger charge is 2.32. The molecule has 3 aromatic carbocycles. The smallest absolute Gasteiger partial charge is 0.405 e. The normalized spacial score (nSPS) is 13.9. The number of halogens is 4. The number of para-hydroxylation sites is 1. The maximum Gasteiger partial charge on any atom is 0.573 e. The summed E-state index contributed by atoms with van der Waals surface area (Å²) in [4.78, 5) is 12.6. The number of hydrogen-bond donors (Lipinski definition) is 2. The van der Waals surface area contributed by atoms with Crippen LogP contribution in [-0.2, 0) is 21.2 Å². The largest absolute Gasteiger partial charge is 0.573 e. The van der Waals surface area contributed by atoms with Crippen LogP contribution in [-0.4, -0.2) is 26.7 Å². The lowest BCUT2D eigenvalue weighted by molar-refractivity contribution is -0.274. The zero-order valence-corrected chi connectivity index (χ0v) is 19.7. The summed E-state index contributed by atoms with van der Waals surface area (Å²) in [6.07, 6.45) is -3.21. The molecule has 0 spiro atoms. The highest BCUT2D eigenvalue weighted by molar-refractivity contribution is 7.89. The molecule has 1 fully saturated rings. The van der Waals surface area contributed by atoms with E-state index in [1.165, 1.54) is 48.5 Å². The van der Waals surface area contributed by atoms with Crippen molar-refractivity contribution in [2.45, 2.75) is 36.6 Å². The number of nitrogens with one attached hydrogen (secondary N) is 2. The summed E-state index contributed by atoms with van der Waals surface area (Å²) in [6.45, 7) is 0. The Morgan fingerprint density at radius 1 is 1.00 bits per heavy atom. The summed E-state index contributed by atoms with van der Waals surface area (Å²) < 4.78 is 69.3. The molecule has 1 amide bonds. The number of carbonyl (C=O) groups excluding carboxylic acids is 1. The van der Waals surface area contributed by atoms with Gasteiger partial charge in [-0.2, -0.15) is 0 Å². The van der Waals surface area contributed by atoms with Gasteiger partial charge < -0.3 is 10.1 Å². The zero-order chi connectivity index (χ0) is 25.2. The van der Waals surface area contributed by atoms with Gasteiger partial charge in [0.15, 0.2) is 0 Å². The Kier molecular flexibility index (Phi) is 7.07. The quantitative estimate of drug-likeness (QED) is 0.406. The van der Waals surface area contributed by atoms with E-state index >= 15 is 0 Å². The standard InChI is InChI=1S/C24H20ClF3N2O4S/c25-21-14-17(9-12-19(21)20-3-1-2-4-22(20)34-24(26,27)28)29-23(31)13-15-5-10-18(11-6-15)35(32,33)30-16-7-8-16/h1-6,9-12,14,16,30H,7-8,13H2,(H,29,31). The lowest BCUT2D eigenvalue weighted by Crippen LogP contribution is -2.25. The van der Waals surface area contributed by atoms with E-state index in [-0.39, 0.29) is 33.9 Å². The van der Waals surface area contributed by atoms with Crippen LogP contribution < -0.4 is 14.8 Å². The second-order valence-electron chi connectivity index (χ2n) is 8.00. The molecule has 0 aromatic heterocycles. The SMILES string of the molecule is O=C(Cc1ccc(S(=O)(=O)NC2CC2)cc1)Nc1ccc(-c2ccccc2OC(F)(F)F)c(Cl)c1. The summed E-state index contributed by atoms with van der Waals surface area (Å²) in [6, 6.07) is 16.1. The van der Waals surface area contributed by atoms with Crippen molar-refractivity contribution >= 4 is 33.2 Å². The van der Waals surface area contributed by atoms with E-state index in [9.17, 15) is 26.4 Å². The summed E-state index contributed by atoms with van der Waals surface area (Å²) >= 11 is 6.30. The number of carbonyl (C=O) groups is 1. The van der Waals surface area contributed by atoms with Gasteiger partial charge in [-0.05, 0) is 48.7 Å². The number of sulfonamides is 1. The highest BCUT2D eigenvalue weighted by Crippen LogP contribution is 2.38. The van der Waals surface area contributed by atoms with Gasteiger partial charge in [-0.15, -0.1) is 13.2 Å². The lowest BCUT2D eigenvalue weighted by atomic mass is 10.0. The van der Waals surface area contributed by atoms with Crippen molar-refractivity contribution < 1.29 is 31.1 Å². The van der Waals surface area contributed by atoms with Gasteiger partial charge in [-0.25, -0.2) is 13.1 Å². The Balaban J connectivity index is 1.42. The summed E-state index contributed by atoms with van der Waals surface area (Å²) in [5, 5.41) is 2.80. The Morgan fingerprint density at radius 3 is 2.31 bits per heavy atom. The Hall–Kier alpha value is -3.08. The first-order valence-corrected chi connectivity index (χ1v) is 12.4. The molecule has 6 nitrogen and oxygen atoms in total. The number of rotatable bonds is 8. The number of alkyl halides is 3. The first-order valence-electron chi connectivity index (χ1n) is 10.6. The van der Waals surface area contributed by atoms with Crippen molar-refractivity contribution in [3.63, 3.8) is 0 Å². The van der Waals surface area contributed by atoms with Gasteiger partial charge in [-0.1, -0.05) is 48.0 Å². The zero-order valence-electron chi connectivity index (χ0n) is 18.1. The number of amides is 1. The second kappa shape index (κ2) is 9.88. The molecule has 0 saturated heterocycles.